The number of nitro benzene ring substituents is 1. The van der Waals surface area contributed by atoms with Gasteiger partial charge in [-0.1, -0.05) is 12.8 Å². The third-order valence-corrected chi connectivity index (χ3v) is 3.43. The van der Waals surface area contributed by atoms with Crippen LogP contribution in [0.5, 0.6) is 0 Å². The molecule has 1 aliphatic carbocycles. The quantitative estimate of drug-likeness (QED) is 0.672. The number of hydrogen-bond acceptors (Lipinski definition) is 4. The molecule has 5 nitrogen and oxygen atoms in total. The van der Waals surface area contributed by atoms with Gasteiger partial charge in [0.1, 0.15) is 0 Å². The Morgan fingerprint density at radius 2 is 2.16 bits per heavy atom. The maximum absolute atomic E-state index is 13.4. The minimum Gasteiger partial charge on any atom is -0.372 e. The van der Waals surface area contributed by atoms with Gasteiger partial charge in [-0.3, -0.25) is 10.1 Å². The molecule has 0 heterocycles. The fraction of sp³-hybridized carbons (Fsp3) is 0.538. The highest BCUT2D eigenvalue weighted by molar-refractivity contribution is 5.34. The summed E-state index contributed by atoms with van der Waals surface area (Å²) in [5.41, 5.74) is 6.02. The predicted molar refractivity (Wildman–Crippen MR) is 68.1 cm³/mol. The molecule has 2 unspecified atom stereocenters. The van der Waals surface area contributed by atoms with Gasteiger partial charge in [0.05, 0.1) is 17.6 Å². The molecule has 19 heavy (non-hydrogen) atoms. The second-order valence-corrected chi connectivity index (χ2v) is 4.84. The first-order chi connectivity index (χ1) is 9.08. The van der Waals surface area contributed by atoms with Crippen LogP contribution in [-0.4, -0.2) is 17.1 Å². The van der Waals surface area contributed by atoms with Gasteiger partial charge in [-0.05, 0) is 30.5 Å². The topological polar surface area (TPSA) is 78.4 Å². The third kappa shape index (κ3) is 3.48. The van der Waals surface area contributed by atoms with E-state index in [1.165, 1.54) is 6.07 Å². The number of halogens is 1. The van der Waals surface area contributed by atoms with Crippen LogP contribution in [0.15, 0.2) is 18.2 Å². The van der Waals surface area contributed by atoms with Gasteiger partial charge in [0.15, 0.2) is 0 Å². The molecule has 0 aromatic heterocycles. The van der Waals surface area contributed by atoms with Crippen molar-refractivity contribution in [3.63, 3.8) is 0 Å². The molecule has 0 bridgehead atoms. The zero-order valence-corrected chi connectivity index (χ0v) is 10.5. The molecule has 2 atom stereocenters. The number of hydrogen-bond donors (Lipinski definition) is 1. The van der Waals surface area contributed by atoms with Gasteiger partial charge in [0.25, 0.3) is 0 Å². The summed E-state index contributed by atoms with van der Waals surface area (Å²) in [5.74, 6) is -0.834. The molecular formula is C13H17FN2O3. The average Bonchev–Trinajstić information content (AvgIpc) is 2.37. The highest BCUT2D eigenvalue weighted by Crippen LogP contribution is 2.22. The smallest absolute Gasteiger partial charge is 0.304 e. The molecule has 0 spiro atoms. The Hall–Kier alpha value is -1.53. The number of nitrogens with zero attached hydrogens (tertiary/aromatic N) is 1. The first-order valence-corrected chi connectivity index (χ1v) is 6.38. The van der Waals surface area contributed by atoms with Gasteiger partial charge in [-0.25, -0.2) is 0 Å². The van der Waals surface area contributed by atoms with E-state index in [1.54, 1.807) is 0 Å². The summed E-state index contributed by atoms with van der Waals surface area (Å²) in [6.07, 6.45) is 4.06. The van der Waals surface area contributed by atoms with Crippen molar-refractivity contribution in [3.8, 4) is 0 Å². The van der Waals surface area contributed by atoms with Crippen LogP contribution in [-0.2, 0) is 11.3 Å². The zero-order valence-electron chi connectivity index (χ0n) is 10.5. The van der Waals surface area contributed by atoms with Crippen LogP contribution in [0.2, 0.25) is 0 Å². The van der Waals surface area contributed by atoms with Crippen LogP contribution in [0.4, 0.5) is 10.1 Å². The van der Waals surface area contributed by atoms with E-state index in [-0.39, 0.29) is 18.8 Å². The van der Waals surface area contributed by atoms with Crippen molar-refractivity contribution in [2.75, 3.05) is 0 Å². The van der Waals surface area contributed by atoms with Crippen LogP contribution in [0.1, 0.15) is 31.2 Å². The highest BCUT2D eigenvalue weighted by atomic mass is 19.1. The van der Waals surface area contributed by atoms with Gasteiger partial charge in [0.2, 0.25) is 5.82 Å². The van der Waals surface area contributed by atoms with E-state index in [0.29, 0.717) is 5.56 Å². The maximum Gasteiger partial charge on any atom is 0.304 e. The van der Waals surface area contributed by atoms with Crippen LogP contribution >= 0.6 is 0 Å². The summed E-state index contributed by atoms with van der Waals surface area (Å²) in [4.78, 5) is 9.76. The molecule has 1 aliphatic rings. The Labute approximate surface area is 110 Å². The fourth-order valence-corrected chi connectivity index (χ4v) is 2.32. The summed E-state index contributed by atoms with van der Waals surface area (Å²) in [6.45, 7) is 0.229. The van der Waals surface area contributed by atoms with E-state index in [4.69, 9.17) is 10.5 Å². The Bertz CT molecular complexity index is 467. The lowest BCUT2D eigenvalue weighted by atomic mass is 9.93. The van der Waals surface area contributed by atoms with E-state index in [0.717, 1.165) is 37.8 Å². The van der Waals surface area contributed by atoms with E-state index in [9.17, 15) is 14.5 Å². The van der Waals surface area contributed by atoms with Crippen LogP contribution < -0.4 is 5.73 Å². The molecule has 6 heteroatoms. The predicted octanol–water partition coefficient (Wildman–Crippen LogP) is 2.52. The second-order valence-electron chi connectivity index (χ2n) is 4.84. The van der Waals surface area contributed by atoms with E-state index in [1.807, 2.05) is 0 Å². The van der Waals surface area contributed by atoms with E-state index >= 15 is 0 Å². The van der Waals surface area contributed by atoms with E-state index < -0.39 is 16.4 Å². The molecule has 1 saturated carbocycles. The molecular weight excluding hydrogens is 251 g/mol. The third-order valence-electron chi connectivity index (χ3n) is 3.43. The summed E-state index contributed by atoms with van der Waals surface area (Å²) in [6, 6.07) is 3.84. The lowest BCUT2D eigenvalue weighted by Gasteiger charge is -2.28. The van der Waals surface area contributed by atoms with Crippen molar-refractivity contribution in [2.45, 2.75) is 44.4 Å². The summed E-state index contributed by atoms with van der Waals surface area (Å²) in [5, 5.41) is 10.5. The Morgan fingerprint density at radius 1 is 1.42 bits per heavy atom. The molecule has 0 amide bonds. The Balaban J connectivity index is 1.96. The average molecular weight is 268 g/mol. The van der Waals surface area contributed by atoms with Gasteiger partial charge in [-0.15, -0.1) is 0 Å². The van der Waals surface area contributed by atoms with E-state index in [2.05, 4.69) is 0 Å². The SMILES string of the molecule is NC1CCCCC1OCc1ccc([N+](=O)[O-])c(F)c1. The van der Waals surface area contributed by atoms with Gasteiger partial charge in [-0.2, -0.15) is 4.39 Å². The number of ether oxygens (including phenoxy) is 1. The summed E-state index contributed by atoms with van der Waals surface area (Å²) >= 11 is 0. The number of benzene rings is 1. The van der Waals surface area contributed by atoms with Crippen molar-refractivity contribution in [3.05, 3.63) is 39.7 Å². The first-order valence-electron chi connectivity index (χ1n) is 6.38. The van der Waals surface area contributed by atoms with Crippen molar-refractivity contribution in [1.29, 1.82) is 0 Å². The van der Waals surface area contributed by atoms with Crippen LogP contribution in [0.25, 0.3) is 0 Å². The van der Waals surface area contributed by atoms with Crippen LogP contribution in [0.3, 0.4) is 0 Å². The standard InChI is InChI=1S/C13H17FN2O3/c14-10-7-9(5-6-12(10)16(17)18)8-19-13-4-2-1-3-11(13)15/h5-7,11,13H,1-4,8,15H2. The molecule has 0 saturated heterocycles. The molecule has 2 N–H and O–H groups in total. The van der Waals surface area contributed by atoms with Gasteiger partial charge in [0, 0.05) is 12.1 Å². The second kappa shape index (κ2) is 6.08. The fourth-order valence-electron chi connectivity index (χ4n) is 2.32. The summed E-state index contributed by atoms with van der Waals surface area (Å²) < 4.78 is 19.1. The van der Waals surface area contributed by atoms with Crippen molar-refractivity contribution >= 4 is 5.69 Å². The lowest BCUT2D eigenvalue weighted by molar-refractivity contribution is -0.387. The maximum atomic E-state index is 13.4. The largest absolute Gasteiger partial charge is 0.372 e. The normalized spacial score (nSPS) is 23.3. The molecule has 2 rings (SSSR count). The molecule has 1 aromatic rings. The molecule has 0 radical (unpaired) electrons. The minimum atomic E-state index is -0.834. The minimum absolute atomic E-state index is 0.00740. The summed E-state index contributed by atoms with van der Waals surface area (Å²) in [7, 11) is 0. The number of rotatable bonds is 4. The van der Waals surface area contributed by atoms with Crippen molar-refractivity contribution in [1.82, 2.24) is 0 Å². The monoisotopic (exact) mass is 268 g/mol. The van der Waals surface area contributed by atoms with Gasteiger partial charge >= 0.3 is 5.69 Å². The zero-order chi connectivity index (χ0) is 13.8. The first kappa shape index (κ1) is 13.9. The molecule has 1 aromatic carbocycles. The molecule has 1 fully saturated rings. The Morgan fingerprint density at radius 3 is 2.79 bits per heavy atom. The number of nitro groups is 1. The molecule has 0 aliphatic heterocycles. The number of nitrogens with two attached hydrogens (primary N) is 1. The lowest BCUT2D eigenvalue weighted by Crippen LogP contribution is -2.39. The molecule has 104 valence electrons. The highest BCUT2D eigenvalue weighted by Gasteiger charge is 2.22. The van der Waals surface area contributed by atoms with Crippen molar-refractivity contribution < 1.29 is 14.1 Å². The Kier molecular flexibility index (Phi) is 4.44. The van der Waals surface area contributed by atoms with Crippen molar-refractivity contribution in [2.24, 2.45) is 5.73 Å². The van der Waals surface area contributed by atoms with Crippen LogP contribution in [0, 0.1) is 15.9 Å². The van der Waals surface area contributed by atoms with Gasteiger partial charge < -0.3 is 10.5 Å².